The highest BCUT2D eigenvalue weighted by Gasteiger charge is 2.25. The molecular weight excluding hydrogens is 236 g/mol. The topological polar surface area (TPSA) is 64.3 Å². The molecule has 0 saturated carbocycles. The Labute approximate surface area is 106 Å². The van der Waals surface area contributed by atoms with Gasteiger partial charge in [-0.25, -0.2) is 0 Å². The summed E-state index contributed by atoms with van der Waals surface area (Å²) >= 11 is 1.37. The van der Waals surface area contributed by atoms with Crippen LogP contribution in [0.3, 0.4) is 0 Å². The van der Waals surface area contributed by atoms with Gasteiger partial charge < -0.3 is 15.8 Å². The molecular formula is C12H20N2O2S. The van der Waals surface area contributed by atoms with Crippen LogP contribution in [-0.2, 0) is 0 Å². The predicted octanol–water partition coefficient (Wildman–Crippen LogP) is 1.86. The van der Waals surface area contributed by atoms with Crippen LogP contribution in [0.1, 0.15) is 30.4 Å². The van der Waals surface area contributed by atoms with Gasteiger partial charge in [0.15, 0.2) is 0 Å². The summed E-state index contributed by atoms with van der Waals surface area (Å²) in [5.41, 5.74) is 5.63. The molecule has 1 atom stereocenters. The Morgan fingerprint density at radius 2 is 2.24 bits per heavy atom. The third kappa shape index (κ3) is 3.71. The first-order valence-electron chi connectivity index (χ1n) is 5.52. The van der Waals surface area contributed by atoms with Crippen LogP contribution < -0.4 is 15.8 Å². The molecule has 0 fully saturated rings. The Morgan fingerprint density at radius 1 is 1.59 bits per heavy atom. The molecule has 0 aliphatic heterocycles. The average molecular weight is 256 g/mol. The number of rotatable bonds is 4. The molecule has 1 rings (SSSR count). The Bertz CT molecular complexity index is 382. The number of hydrogen-bond donors (Lipinski definition) is 2. The van der Waals surface area contributed by atoms with E-state index in [1.807, 2.05) is 5.38 Å². The molecule has 96 valence electrons. The second kappa shape index (κ2) is 5.51. The van der Waals surface area contributed by atoms with Crippen molar-refractivity contribution in [1.82, 2.24) is 5.32 Å². The summed E-state index contributed by atoms with van der Waals surface area (Å²) < 4.78 is 5.05. The highest BCUT2D eigenvalue weighted by atomic mass is 32.1. The highest BCUT2D eigenvalue weighted by Crippen LogP contribution is 2.23. The van der Waals surface area contributed by atoms with Crippen LogP contribution in [0.2, 0.25) is 0 Å². The molecule has 5 heteroatoms. The van der Waals surface area contributed by atoms with E-state index in [2.05, 4.69) is 26.1 Å². The molecule has 1 amide bonds. The number of nitrogens with one attached hydrogen (secondary N) is 1. The molecule has 1 aromatic heterocycles. The number of nitrogens with two attached hydrogens (primary N) is 1. The van der Waals surface area contributed by atoms with Gasteiger partial charge in [-0.2, -0.15) is 0 Å². The quantitative estimate of drug-likeness (QED) is 0.864. The standard InChI is InChI=1S/C12H20N2O2S/c1-12(2,3)10(6-13)14-11(15)9-5-8(16-4)7-17-9/h5,7,10H,6,13H2,1-4H3,(H,14,15). The third-order valence-corrected chi connectivity index (χ3v) is 3.53. The van der Waals surface area contributed by atoms with E-state index in [-0.39, 0.29) is 17.4 Å². The number of carbonyl (C=O) groups excluding carboxylic acids is 1. The van der Waals surface area contributed by atoms with Crippen LogP contribution in [0.4, 0.5) is 0 Å². The molecule has 0 aliphatic rings. The molecule has 1 heterocycles. The molecule has 0 spiro atoms. The molecule has 0 bridgehead atoms. The van der Waals surface area contributed by atoms with Gasteiger partial charge in [0, 0.05) is 24.0 Å². The summed E-state index contributed by atoms with van der Waals surface area (Å²) in [5.74, 6) is 0.615. The molecule has 0 saturated heterocycles. The summed E-state index contributed by atoms with van der Waals surface area (Å²) in [5, 5.41) is 4.76. The van der Waals surface area contributed by atoms with Gasteiger partial charge >= 0.3 is 0 Å². The van der Waals surface area contributed by atoms with E-state index in [0.717, 1.165) is 0 Å². The first-order valence-corrected chi connectivity index (χ1v) is 6.40. The Morgan fingerprint density at radius 3 is 2.65 bits per heavy atom. The van der Waals surface area contributed by atoms with Crippen LogP contribution in [0.5, 0.6) is 5.75 Å². The number of carbonyl (C=O) groups is 1. The molecule has 1 aromatic rings. The Hall–Kier alpha value is -1.07. The van der Waals surface area contributed by atoms with E-state index in [9.17, 15) is 4.79 Å². The highest BCUT2D eigenvalue weighted by molar-refractivity contribution is 7.12. The van der Waals surface area contributed by atoms with Crippen molar-refractivity contribution in [3.63, 3.8) is 0 Å². The van der Waals surface area contributed by atoms with Crippen molar-refractivity contribution >= 4 is 17.2 Å². The zero-order valence-corrected chi connectivity index (χ0v) is 11.6. The minimum absolute atomic E-state index is 0.0388. The van der Waals surface area contributed by atoms with Crippen molar-refractivity contribution < 1.29 is 9.53 Å². The fourth-order valence-electron chi connectivity index (χ4n) is 1.40. The molecule has 3 N–H and O–H groups in total. The molecule has 0 aliphatic carbocycles. The second-order valence-corrected chi connectivity index (χ2v) is 5.89. The molecule has 0 aromatic carbocycles. The normalized spacial score (nSPS) is 13.2. The number of thiophene rings is 1. The average Bonchev–Trinajstić information content (AvgIpc) is 2.72. The largest absolute Gasteiger partial charge is 0.496 e. The summed E-state index contributed by atoms with van der Waals surface area (Å²) in [6.45, 7) is 6.59. The van der Waals surface area contributed by atoms with E-state index in [1.165, 1.54) is 11.3 Å². The number of hydrogen-bond acceptors (Lipinski definition) is 4. The summed E-state index contributed by atoms with van der Waals surface area (Å²) in [7, 11) is 1.58. The van der Waals surface area contributed by atoms with Crippen LogP contribution >= 0.6 is 11.3 Å². The van der Waals surface area contributed by atoms with Crippen molar-refractivity contribution in [3.05, 3.63) is 16.3 Å². The molecule has 1 unspecified atom stereocenters. The fourth-order valence-corrected chi connectivity index (χ4v) is 2.16. The van der Waals surface area contributed by atoms with Gasteiger partial charge in [-0.15, -0.1) is 11.3 Å². The fraction of sp³-hybridized carbons (Fsp3) is 0.583. The number of methoxy groups -OCH3 is 1. The predicted molar refractivity (Wildman–Crippen MR) is 70.6 cm³/mol. The summed E-state index contributed by atoms with van der Waals surface area (Å²) in [6, 6.07) is 1.69. The lowest BCUT2D eigenvalue weighted by molar-refractivity contribution is 0.0909. The monoisotopic (exact) mass is 256 g/mol. The first-order chi connectivity index (χ1) is 7.88. The van der Waals surface area contributed by atoms with Gasteiger partial charge in [-0.05, 0) is 5.41 Å². The van der Waals surface area contributed by atoms with Crippen LogP contribution in [-0.4, -0.2) is 25.6 Å². The lowest BCUT2D eigenvalue weighted by atomic mass is 9.87. The van der Waals surface area contributed by atoms with Crippen molar-refractivity contribution in [2.45, 2.75) is 26.8 Å². The van der Waals surface area contributed by atoms with Gasteiger partial charge in [0.2, 0.25) is 0 Å². The van der Waals surface area contributed by atoms with Gasteiger partial charge in [-0.1, -0.05) is 20.8 Å². The number of ether oxygens (including phenoxy) is 1. The van der Waals surface area contributed by atoms with E-state index in [0.29, 0.717) is 17.2 Å². The van der Waals surface area contributed by atoms with Crippen LogP contribution in [0, 0.1) is 5.41 Å². The summed E-state index contributed by atoms with van der Waals surface area (Å²) in [6.07, 6.45) is 0. The van der Waals surface area contributed by atoms with Crippen molar-refractivity contribution in [2.75, 3.05) is 13.7 Å². The SMILES string of the molecule is COc1csc(C(=O)NC(CN)C(C)(C)C)c1. The Balaban J connectivity index is 2.71. The van der Waals surface area contributed by atoms with E-state index in [1.54, 1.807) is 13.2 Å². The lowest BCUT2D eigenvalue weighted by Crippen LogP contribution is -2.48. The second-order valence-electron chi connectivity index (χ2n) is 4.98. The third-order valence-electron chi connectivity index (χ3n) is 2.62. The molecule has 4 nitrogen and oxygen atoms in total. The van der Waals surface area contributed by atoms with E-state index < -0.39 is 0 Å². The minimum atomic E-state index is -0.0938. The zero-order chi connectivity index (χ0) is 13.1. The van der Waals surface area contributed by atoms with Crippen LogP contribution in [0.15, 0.2) is 11.4 Å². The Kier molecular flexibility index (Phi) is 4.54. The van der Waals surface area contributed by atoms with Crippen LogP contribution in [0.25, 0.3) is 0 Å². The van der Waals surface area contributed by atoms with E-state index in [4.69, 9.17) is 10.5 Å². The van der Waals surface area contributed by atoms with Crippen molar-refractivity contribution in [3.8, 4) is 5.75 Å². The maximum Gasteiger partial charge on any atom is 0.261 e. The number of amides is 1. The van der Waals surface area contributed by atoms with Crippen molar-refractivity contribution in [1.29, 1.82) is 0 Å². The molecule has 17 heavy (non-hydrogen) atoms. The smallest absolute Gasteiger partial charge is 0.261 e. The first kappa shape index (κ1) is 14.0. The maximum atomic E-state index is 12.0. The summed E-state index contributed by atoms with van der Waals surface area (Å²) in [4.78, 5) is 12.6. The van der Waals surface area contributed by atoms with Gasteiger partial charge in [-0.3, -0.25) is 4.79 Å². The minimum Gasteiger partial charge on any atom is -0.496 e. The van der Waals surface area contributed by atoms with Gasteiger partial charge in [0.1, 0.15) is 5.75 Å². The maximum absolute atomic E-state index is 12.0. The van der Waals surface area contributed by atoms with E-state index >= 15 is 0 Å². The van der Waals surface area contributed by atoms with Crippen molar-refractivity contribution in [2.24, 2.45) is 11.1 Å². The van der Waals surface area contributed by atoms with Gasteiger partial charge in [0.05, 0.1) is 12.0 Å². The van der Waals surface area contributed by atoms with Gasteiger partial charge in [0.25, 0.3) is 5.91 Å². The molecule has 0 radical (unpaired) electrons. The zero-order valence-electron chi connectivity index (χ0n) is 10.7. The lowest BCUT2D eigenvalue weighted by Gasteiger charge is -2.30.